The summed E-state index contributed by atoms with van der Waals surface area (Å²) in [5, 5.41) is 0.826. The summed E-state index contributed by atoms with van der Waals surface area (Å²) in [6, 6.07) is 13.1. The summed E-state index contributed by atoms with van der Waals surface area (Å²) in [7, 11) is 1.32. The van der Waals surface area contributed by atoms with Gasteiger partial charge in [0.2, 0.25) is 0 Å². The van der Waals surface area contributed by atoms with E-state index in [2.05, 4.69) is 4.98 Å². The number of H-pyrrole nitrogens is 1. The van der Waals surface area contributed by atoms with Gasteiger partial charge in [0.15, 0.2) is 15.5 Å². The number of nitrogens with one attached hydrogen (secondary N) is 1. The Morgan fingerprint density at radius 3 is 2.39 bits per heavy atom. The van der Waals surface area contributed by atoms with Gasteiger partial charge in [-0.3, -0.25) is 0 Å². The predicted octanol–water partition coefficient (Wildman–Crippen LogP) is 3.74. The van der Waals surface area contributed by atoms with Crippen LogP contribution < -0.4 is 0 Å². The van der Waals surface area contributed by atoms with Gasteiger partial charge in [-0.25, -0.2) is 4.79 Å². The number of fused-ring (bicyclic) bond motifs is 1. The van der Waals surface area contributed by atoms with E-state index in [0.717, 1.165) is 22.0 Å². The molecule has 0 aliphatic carbocycles. The van der Waals surface area contributed by atoms with Crippen molar-refractivity contribution in [3.05, 3.63) is 59.3 Å². The lowest BCUT2D eigenvalue weighted by Crippen LogP contribution is -2.10. The van der Waals surface area contributed by atoms with E-state index in [0.29, 0.717) is 9.79 Å². The lowest BCUT2D eigenvalue weighted by Gasteiger charge is -2.11. The van der Waals surface area contributed by atoms with E-state index < -0.39 is 17.1 Å². The van der Waals surface area contributed by atoms with Crippen molar-refractivity contribution in [2.24, 2.45) is 0 Å². The number of carbonyl (C=O) groups excluding carboxylic acids is 1. The molecule has 0 amide bonds. The van der Waals surface area contributed by atoms with Crippen LogP contribution in [0.4, 0.5) is 0 Å². The van der Waals surface area contributed by atoms with E-state index in [-0.39, 0.29) is 5.69 Å². The Bertz CT molecular complexity index is 871. The van der Waals surface area contributed by atoms with Gasteiger partial charge in [-0.2, -0.15) is 0 Å². The molecule has 0 saturated heterocycles. The van der Waals surface area contributed by atoms with E-state index in [1.807, 2.05) is 44.2 Å². The van der Waals surface area contributed by atoms with Crippen molar-refractivity contribution in [1.29, 1.82) is 0 Å². The Labute approximate surface area is 137 Å². The maximum absolute atomic E-state index is 13.1. The third-order valence-corrected chi connectivity index (χ3v) is 5.34. The summed E-state index contributed by atoms with van der Waals surface area (Å²) >= 11 is -1.47. The second kappa shape index (κ2) is 6.10. The molecular formula is C18H17NO3S. The largest absolute Gasteiger partial charge is 0.606 e. The maximum atomic E-state index is 13.1. The molecule has 1 atom stereocenters. The molecule has 3 aromatic rings. The summed E-state index contributed by atoms with van der Waals surface area (Å²) in [6.45, 7) is 3.90. The van der Waals surface area contributed by atoms with Crippen LogP contribution in [-0.2, 0) is 15.9 Å². The highest BCUT2D eigenvalue weighted by Crippen LogP contribution is 2.35. The smallest absolute Gasteiger partial charge is 0.359 e. The van der Waals surface area contributed by atoms with Gasteiger partial charge < -0.3 is 14.3 Å². The second-order valence-corrected chi connectivity index (χ2v) is 6.77. The molecule has 1 aromatic heterocycles. The molecule has 0 aliphatic heterocycles. The number of methoxy groups -OCH3 is 1. The summed E-state index contributed by atoms with van der Waals surface area (Å²) in [5.41, 5.74) is 3.04. The minimum Gasteiger partial charge on any atom is -0.606 e. The van der Waals surface area contributed by atoms with Gasteiger partial charge in [0.25, 0.3) is 0 Å². The van der Waals surface area contributed by atoms with Gasteiger partial charge in [0.1, 0.15) is 0 Å². The zero-order chi connectivity index (χ0) is 16.6. The molecule has 23 heavy (non-hydrogen) atoms. The minimum atomic E-state index is -1.47. The molecular weight excluding hydrogens is 310 g/mol. The van der Waals surface area contributed by atoms with Gasteiger partial charge in [0.05, 0.1) is 18.0 Å². The van der Waals surface area contributed by atoms with Crippen molar-refractivity contribution in [3.8, 4) is 0 Å². The van der Waals surface area contributed by atoms with E-state index in [1.165, 1.54) is 7.11 Å². The van der Waals surface area contributed by atoms with Gasteiger partial charge in [-0.15, -0.1) is 0 Å². The zero-order valence-corrected chi connectivity index (χ0v) is 14.0. The number of rotatable bonds is 3. The van der Waals surface area contributed by atoms with E-state index in [1.54, 1.807) is 12.1 Å². The highest BCUT2D eigenvalue weighted by atomic mass is 32.2. The zero-order valence-electron chi connectivity index (χ0n) is 13.2. The number of aromatic amines is 1. The topological polar surface area (TPSA) is 65.2 Å². The molecule has 0 spiro atoms. The van der Waals surface area contributed by atoms with Crippen LogP contribution in [0.1, 0.15) is 21.6 Å². The number of ether oxygens (including phenoxy) is 1. The molecule has 0 bridgehead atoms. The van der Waals surface area contributed by atoms with Crippen LogP contribution in [0, 0.1) is 13.8 Å². The summed E-state index contributed by atoms with van der Waals surface area (Å²) in [5.74, 6) is -0.515. The first kappa shape index (κ1) is 15.6. The number of carbonyl (C=O) groups is 1. The van der Waals surface area contributed by atoms with Crippen LogP contribution in [0.25, 0.3) is 10.9 Å². The van der Waals surface area contributed by atoms with Crippen LogP contribution in [0.3, 0.4) is 0 Å². The molecule has 0 saturated carbocycles. The number of hydrogen-bond acceptors (Lipinski definition) is 3. The van der Waals surface area contributed by atoms with Gasteiger partial charge in [-0.1, -0.05) is 30.3 Å². The third-order valence-electron chi connectivity index (χ3n) is 3.86. The van der Waals surface area contributed by atoms with Crippen LogP contribution >= 0.6 is 0 Å². The fraction of sp³-hybridized carbons (Fsp3) is 0.167. The Balaban J connectivity index is 2.33. The normalized spacial score (nSPS) is 12.3. The molecule has 4 nitrogen and oxygen atoms in total. The molecule has 0 radical (unpaired) electrons. The van der Waals surface area contributed by atoms with E-state index in [4.69, 9.17) is 4.74 Å². The lowest BCUT2D eigenvalue weighted by molar-refractivity contribution is 0.0591. The average Bonchev–Trinajstić information content (AvgIpc) is 2.99. The van der Waals surface area contributed by atoms with Crippen molar-refractivity contribution in [3.63, 3.8) is 0 Å². The Morgan fingerprint density at radius 2 is 1.74 bits per heavy atom. The Hall–Kier alpha value is -2.24. The first-order valence-corrected chi connectivity index (χ1v) is 8.36. The van der Waals surface area contributed by atoms with Crippen LogP contribution in [0.5, 0.6) is 0 Å². The molecule has 0 fully saturated rings. The summed E-state index contributed by atoms with van der Waals surface area (Å²) in [4.78, 5) is 16.4. The fourth-order valence-electron chi connectivity index (χ4n) is 2.66. The molecule has 1 unspecified atom stereocenters. The maximum Gasteiger partial charge on any atom is 0.359 e. The van der Waals surface area contributed by atoms with Crippen LogP contribution in [-0.4, -0.2) is 22.6 Å². The molecule has 0 aliphatic rings. The van der Waals surface area contributed by atoms with Gasteiger partial charge in [0, 0.05) is 11.2 Å². The number of benzene rings is 2. The van der Waals surface area contributed by atoms with E-state index in [9.17, 15) is 9.35 Å². The fourth-order valence-corrected chi connectivity index (χ4v) is 4.07. The van der Waals surface area contributed by atoms with Gasteiger partial charge >= 0.3 is 5.97 Å². The number of aromatic nitrogens is 1. The monoisotopic (exact) mass is 327 g/mol. The Kier molecular flexibility index (Phi) is 4.15. The number of hydrogen-bond donors (Lipinski definition) is 1. The SMILES string of the molecule is COC(=O)c1[nH]c2c(C)ccc(C)c2c1[S+]([O-])c1ccccc1. The summed E-state index contributed by atoms with van der Waals surface area (Å²) < 4.78 is 18.0. The first-order chi connectivity index (χ1) is 11.0. The molecule has 118 valence electrons. The van der Waals surface area contributed by atoms with E-state index >= 15 is 0 Å². The van der Waals surface area contributed by atoms with Crippen LogP contribution in [0.15, 0.2) is 52.3 Å². The third kappa shape index (κ3) is 2.62. The highest BCUT2D eigenvalue weighted by Gasteiger charge is 2.30. The quantitative estimate of drug-likeness (QED) is 0.589. The molecule has 1 heterocycles. The van der Waals surface area contributed by atoms with Crippen LogP contribution in [0.2, 0.25) is 0 Å². The summed E-state index contributed by atoms with van der Waals surface area (Å²) in [6.07, 6.45) is 0. The lowest BCUT2D eigenvalue weighted by atomic mass is 10.1. The second-order valence-electron chi connectivity index (χ2n) is 5.35. The number of aryl methyl sites for hydroxylation is 2. The molecule has 2 aromatic carbocycles. The number of esters is 1. The Morgan fingerprint density at radius 1 is 1.09 bits per heavy atom. The van der Waals surface area contributed by atoms with Gasteiger partial charge in [-0.05, 0) is 37.1 Å². The highest BCUT2D eigenvalue weighted by molar-refractivity contribution is 7.91. The first-order valence-electron chi connectivity index (χ1n) is 7.21. The minimum absolute atomic E-state index is 0.252. The van der Waals surface area contributed by atoms with Crippen molar-refractivity contribution in [2.45, 2.75) is 23.6 Å². The van der Waals surface area contributed by atoms with Crippen molar-refractivity contribution < 1.29 is 14.1 Å². The van der Waals surface area contributed by atoms with Crippen molar-refractivity contribution >= 4 is 28.0 Å². The van der Waals surface area contributed by atoms with Crippen molar-refractivity contribution in [1.82, 2.24) is 4.98 Å². The predicted molar refractivity (Wildman–Crippen MR) is 90.2 cm³/mol. The average molecular weight is 327 g/mol. The molecule has 3 rings (SSSR count). The van der Waals surface area contributed by atoms with Crippen molar-refractivity contribution in [2.75, 3.05) is 7.11 Å². The molecule has 5 heteroatoms. The molecule has 1 N–H and O–H groups in total. The standard InChI is InChI=1S/C18H17NO3S/c1-11-9-10-12(2)15-14(11)17(16(19-15)18(20)22-3)23(21)13-7-5-4-6-8-13/h4-10,19H,1-3H3.